The normalized spacial score (nSPS) is 14.7. The highest BCUT2D eigenvalue weighted by Crippen LogP contribution is 2.18. The predicted octanol–water partition coefficient (Wildman–Crippen LogP) is 4.41. The van der Waals surface area contributed by atoms with Crippen molar-refractivity contribution in [2.45, 2.75) is 39.3 Å². The third kappa shape index (κ3) is 5.66. The molecule has 1 aliphatic rings. The standard InChI is InChI=1S/C26H29ClN4O3/c1-3-34-26(33)24-16-28-31(18(24)2)23-10-6-20(7-11-23)25(32)29-22-12-14-30(15-13-22)17-19-4-8-21(27)9-5-19/h4-11,16,22H,3,12-15,17H2,1-2H3,(H,29,32). The van der Waals surface area contributed by atoms with Gasteiger partial charge in [-0.25, -0.2) is 9.48 Å². The molecule has 0 spiro atoms. The van der Waals surface area contributed by atoms with Crippen LogP contribution < -0.4 is 5.32 Å². The fourth-order valence-electron chi connectivity index (χ4n) is 4.19. The number of esters is 1. The molecule has 2 heterocycles. The van der Waals surface area contributed by atoms with Gasteiger partial charge < -0.3 is 10.1 Å². The molecule has 1 aromatic heterocycles. The van der Waals surface area contributed by atoms with E-state index in [2.05, 4.69) is 27.4 Å². The Bertz CT molecular complexity index is 1130. The van der Waals surface area contributed by atoms with Gasteiger partial charge in [0.25, 0.3) is 5.91 Å². The Morgan fingerprint density at radius 3 is 2.41 bits per heavy atom. The molecule has 1 amide bonds. The second kappa shape index (κ2) is 10.8. The number of hydrogen-bond donors (Lipinski definition) is 1. The Balaban J connectivity index is 1.31. The first-order valence-corrected chi connectivity index (χ1v) is 11.9. The summed E-state index contributed by atoms with van der Waals surface area (Å²) in [5.74, 6) is -0.464. The van der Waals surface area contributed by atoms with Gasteiger partial charge in [-0.2, -0.15) is 5.10 Å². The van der Waals surface area contributed by atoms with Gasteiger partial charge in [0.2, 0.25) is 0 Å². The van der Waals surface area contributed by atoms with E-state index in [0.717, 1.165) is 43.2 Å². The van der Waals surface area contributed by atoms with Gasteiger partial charge in [0, 0.05) is 36.3 Å². The molecule has 1 aliphatic heterocycles. The number of carbonyl (C=O) groups excluding carboxylic acids is 2. The van der Waals surface area contributed by atoms with Crippen LogP contribution in [0.2, 0.25) is 5.02 Å². The molecule has 1 saturated heterocycles. The van der Waals surface area contributed by atoms with Crippen LogP contribution in [0.5, 0.6) is 0 Å². The Morgan fingerprint density at radius 1 is 1.09 bits per heavy atom. The summed E-state index contributed by atoms with van der Waals surface area (Å²) in [6, 6.07) is 15.3. The van der Waals surface area contributed by atoms with Crippen molar-refractivity contribution in [3.63, 3.8) is 0 Å². The fraction of sp³-hybridized carbons (Fsp3) is 0.346. The van der Waals surface area contributed by atoms with E-state index >= 15 is 0 Å². The van der Waals surface area contributed by atoms with Crippen molar-refractivity contribution in [2.24, 2.45) is 0 Å². The van der Waals surface area contributed by atoms with Crippen molar-refractivity contribution >= 4 is 23.5 Å². The lowest BCUT2D eigenvalue weighted by atomic mass is 10.0. The topological polar surface area (TPSA) is 76.5 Å². The molecule has 3 aromatic rings. The molecule has 8 heteroatoms. The molecule has 0 bridgehead atoms. The lowest BCUT2D eigenvalue weighted by molar-refractivity contribution is 0.0525. The highest BCUT2D eigenvalue weighted by Gasteiger charge is 2.21. The van der Waals surface area contributed by atoms with Crippen LogP contribution in [0.1, 0.15) is 51.7 Å². The Hall–Kier alpha value is -3.16. The third-order valence-corrected chi connectivity index (χ3v) is 6.37. The number of nitrogens with one attached hydrogen (secondary N) is 1. The van der Waals surface area contributed by atoms with Crippen LogP contribution in [0.4, 0.5) is 0 Å². The zero-order chi connectivity index (χ0) is 24.1. The molecule has 0 unspecified atom stereocenters. The Kier molecular flexibility index (Phi) is 7.65. The number of ether oxygens (including phenoxy) is 1. The number of nitrogens with zero attached hydrogens (tertiary/aromatic N) is 3. The molecule has 34 heavy (non-hydrogen) atoms. The monoisotopic (exact) mass is 480 g/mol. The number of amides is 1. The van der Waals surface area contributed by atoms with E-state index in [1.165, 1.54) is 11.8 Å². The van der Waals surface area contributed by atoms with Crippen LogP contribution in [0, 0.1) is 6.92 Å². The van der Waals surface area contributed by atoms with Gasteiger partial charge in [0.15, 0.2) is 0 Å². The zero-order valence-corrected chi connectivity index (χ0v) is 20.2. The van der Waals surface area contributed by atoms with Crippen LogP contribution in [-0.2, 0) is 11.3 Å². The van der Waals surface area contributed by atoms with Gasteiger partial charge in [0.1, 0.15) is 5.56 Å². The van der Waals surface area contributed by atoms with E-state index in [9.17, 15) is 9.59 Å². The molecule has 4 rings (SSSR count). The van der Waals surface area contributed by atoms with Gasteiger partial charge in [-0.15, -0.1) is 0 Å². The number of carbonyl (C=O) groups is 2. The van der Waals surface area contributed by atoms with Gasteiger partial charge >= 0.3 is 5.97 Å². The van der Waals surface area contributed by atoms with Crippen LogP contribution in [-0.4, -0.2) is 52.3 Å². The highest BCUT2D eigenvalue weighted by atomic mass is 35.5. The smallest absolute Gasteiger partial charge is 0.341 e. The molecule has 1 fully saturated rings. The predicted molar refractivity (Wildman–Crippen MR) is 131 cm³/mol. The van der Waals surface area contributed by atoms with Crippen molar-refractivity contribution in [1.82, 2.24) is 20.0 Å². The summed E-state index contributed by atoms with van der Waals surface area (Å²) in [6.45, 7) is 6.67. The Morgan fingerprint density at radius 2 is 1.76 bits per heavy atom. The first kappa shape index (κ1) is 24.0. The average molecular weight is 481 g/mol. The summed E-state index contributed by atoms with van der Waals surface area (Å²) in [7, 11) is 0. The first-order chi connectivity index (χ1) is 16.4. The van der Waals surface area contributed by atoms with E-state index < -0.39 is 0 Å². The summed E-state index contributed by atoms with van der Waals surface area (Å²) in [5, 5.41) is 8.22. The molecule has 7 nitrogen and oxygen atoms in total. The number of benzene rings is 2. The fourth-order valence-corrected chi connectivity index (χ4v) is 4.31. The van der Waals surface area contributed by atoms with E-state index in [1.807, 2.05) is 31.2 Å². The van der Waals surface area contributed by atoms with Gasteiger partial charge in [-0.3, -0.25) is 9.69 Å². The van der Waals surface area contributed by atoms with Crippen molar-refractivity contribution in [3.8, 4) is 5.69 Å². The summed E-state index contributed by atoms with van der Waals surface area (Å²) in [4.78, 5) is 27.2. The van der Waals surface area contributed by atoms with Crippen LogP contribution in [0.25, 0.3) is 5.69 Å². The second-order valence-electron chi connectivity index (χ2n) is 8.47. The maximum absolute atomic E-state index is 12.8. The maximum atomic E-state index is 12.8. The first-order valence-electron chi connectivity index (χ1n) is 11.5. The summed E-state index contributed by atoms with van der Waals surface area (Å²) < 4.78 is 6.74. The quantitative estimate of drug-likeness (QED) is 0.507. The number of halogens is 1. The van der Waals surface area contributed by atoms with E-state index in [-0.39, 0.29) is 17.9 Å². The van der Waals surface area contributed by atoms with Crippen LogP contribution in [0.15, 0.2) is 54.7 Å². The lowest BCUT2D eigenvalue weighted by Crippen LogP contribution is -2.44. The molecule has 0 radical (unpaired) electrons. The maximum Gasteiger partial charge on any atom is 0.341 e. The van der Waals surface area contributed by atoms with Crippen LogP contribution >= 0.6 is 11.6 Å². The molecule has 178 valence electrons. The number of rotatable bonds is 7. The summed E-state index contributed by atoms with van der Waals surface area (Å²) >= 11 is 5.97. The van der Waals surface area contributed by atoms with Gasteiger partial charge in [0.05, 0.1) is 24.2 Å². The van der Waals surface area contributed by atoms with E-state index in [1.54, 1.807) is 23.7 Å². The molecule has 0 atom stereocenters. The lowest BCUT2D eigenvalue weighted by Gasteiger charge is -2.32. The van der Waals surface area contributed by atoms with Crippen LogP contribution in [0.3, 0.4) is 0 Å². The molecular weight excluding hydrogens is 452 g/mol. The minimum absolute atomic E-state index is 0.0768. The molecule has 2 aromatic carbocycles. The molecular formula is C26H29ClN4O3. The van der Waals surface area contributed by atoms with Crippen molar-refractivity contribution < 1.29 is 14.3 Å². The van der Waals surface area contributed by atoms with E-state index in [0.29, 0.717) is 23.4 Å². The molecule has 0 aliphatic carbocycles. The summed E-state index contributed by atoms with van der Waals surface area (Å²) in [5.41, 5.74) is 3.75. The minimum Gasteiger partial charge on any atom is -0.462 e. The number of aromatic nitrogens is 2. The van der Waals surface area contributed by atoms with Crippen molar-refractivity contribution in [1.29, 1.82) is 0 Å². The molecule has 1 N–H and O–H groups in total. The third-order valence-electron chi connectivity index (χ3n) is 6.12. The zero-order valence-electron chi connectivity index (χ0n) is 19.5. The van der Waals surface area contributed by atoms with Crippen molar-refractivity contribution in [2.75, 3.05) is 19.7 Å². The highest BCUT2D eigenvalue weighted by molar-refractivity contribution is 6.30. The number of hydrogen-bond acceptors (Lipinski definition) is 5. The minimum atomic E-state index is -0.388. The average Bonchev–Trinajstić information content (AvgIpc) is 3.23. The summed E-state index contributed by atoms with van der Waals surface area (Å²) in [6.07, 6.45) is 3.34. The molecule has 0 saturated carbocycles. The number of piperidine rings is 1. The number of likely N-dealkylation sites (tertiary alicyclic amines) is 1. The van der Waals surface area contributed by atoms with E-state index in [4.69, 9.17) is 16.3 Å². The van der Waals surface area contributed by atoms with Gasteiger partial charge in [-0.05, 0) is 68.7 Å². The Labute approximate surface area is 204 Å². The largest absolute Gasteiger partial charge is 0.462 e. The van der Waals surface area contributed by atoms with Crippen molar-refractivity contribution in [3.05, 3.63) is 82.1 Å². The SMILES string of the molecule is CCOC(=O)c1cnn(-c2ccc(C(=O)NC3CCN(Cc4ccc(Cl)cc4)CC3)cc2)c1C. The van der Waals surface area contributed by atoms with Gasteiger partial charge in [-0.1, -0.05) is 23.7 Å². The second-order valence-corrected chi connectivity index (χ2v) is 8.91.